The molecule has 1 aromatic carbocycles. The van der Waals surface area contributed by atoms with Crippen LogP contribution >= 0.6 is 0 Å². The van der Waals surface area contributed by atoms with Gasteiger partial charge in [-0.15, -0.1) is 0 Å². The molecule has 1 saturated heterocycles. The molecular formula is C19H20FN7O3S. The number of benzene rings is 1. The number of nitrogens with one attached hydrogen (secondary N) is 1. The molecule has 12 heteroatoms. The lowest BCUT2D eigenvalue weighted by atomic mass is 10.2. The number of carbonyl (C=O) groups excluding carboxylic acids is 1. The Morgan fingerprint density at radius 3 is 2.58 bits per heavy atom. The van der Waals surface area contributed by atoms with Crippen molar-refractivity contribution in [3.05, 3.63) is 66.6 Å². The van der Waals surface area contributed by atoms with Crippen molar-refractivity contribution in [2.24, 2.45) is 0 Å². The number of halogens is 1. The largest absolute Gasteiger partial charge is 0.334 e. The first-order valence-corrected chi connectivity index (χ1v) is 11.0. The molecule has 1 aliphatic heterocycles. The lowest BCUT2D eigenvalue weighted by molar-refractivity contribution is 0.172. The predicted molar refractivity (Wildman–Crippen MR) is 108 cm³/mol. The minimum absolute atomic E-state index is 0.0845. The van der Waals surface area contributed by atoms with E-state index < -0.39 is 15.8 Å². The van der Waals surface area contributed by atoms with Gasteiger partial charge < -0.3 is 10.2 Å². The van der Waals surface area contributed by atoms with E-state index in [1.807, 2.05) is 6.07 Å². The highest BCUT2D eigenvalue weighted by Gasteiger charge is 2.31. The fourth-order valence-corrected chi connectivity index (χ4v) is 4.79. The third-order valence-electron chi connectivity index (χ3n) is 4.91. The number of piperazine rings is 1. The first kappa shape index (κ1) is 20.9. The van der Waals surface area contributed by atoms with Gasteiger partial charge in [0.15, 0.2) is 5.82 Å². The fraction of sp³-hybridized carbons (Fsp3) is 0.263. The van der Waals surface area contributed by atoms with Gasteiger partial charge in [-0.05, 0) is 18.2 Å². The number of urea groups is 1. The van der Waals surface area contributed by atoms with Crippen LogP contribution in [0.4, 0.5) is 9.18 Å². The van der Waals surface area contributed by atoms with E-state index in [0.717, 1.165) is 11.6 Å². The molecule has 0 radical (unpaired) electrons. The maximum absolute atomic E-state index is 13.9. The van der Waals surface area contributed by atoms with Crippen LogP contribution in [0.2, 0.25) is 0 Å². The first-order valence-electron chi connectivity index (χ1n) is 9.53. The van der Waals surface area contributed by atoms with Crippen LogP contribution in [0.5, 0.6) is 0 Å². The molecule has 0 atom stereocenters. The Morgan fingerprint density at radius 2 is 1.87 bits per heavy atom. The summed E-state index contributed by atoms with van der Waals surface area (Å²) < 4.78 is 42.0. The quantitative estimate of drug-likeness (QED) is 0.627. The van der Waals surface area contributed by atoms with E-state index in [0.29, 0.717) is 5.82 Å². The van der Waals surface area contributed by atoms with Gasteiger partial charge in [-0.2, -0.15) is 9.40 Å². The van der Waals surface area contributed by atoms with Crippen molar-refractivity contribution in [2.75, 3.05) is 26.2 Å². The van der Waals surface area contributed by atoms with Crippen molar-refractivity contribution in [2.45, 2.75) is 11.4 Å². The van der Waals surface area contributed by atoms with Crippen LogP contribution in [0.15, 0.2) is 60.1 Å². The van der Waals surface area contributed by atoms with Crippen molar-refractivity contribution in [3.8, 4) is 5.82 Å². The minimum atomic E-state index is -3.95. The molecule has 162 valence electrons. The molecule has 4 rings (SSSR count). The number of carbonyl (C=O) groups is 1. The normalized spacial score (nSPS) is 15.1. The Labute approximate surface area is 178 Å². The van der Waals surface area contributed by atoms with Crippen LogP contribution in [0.3, 0.4) is 0 Å². The Hall–Kier alpha value is -3.38. The van der Waals surface area contributed by atoms with Crippen molar-refractivity contribution in [3.63, 3.8) is 0 Å². The second-order valence-electron chi connectivity index (χ2n) is 6.81. The number of hydrogen-bond acceptors (Lipinski definition) is 6. The summed E-state index contributed by atoms with van der Waals surface area (Å²) >= 11 is 0. The molecule has 2 aromatic heterocycles. The number of nitrogens with zero attached hydrogens (tertiary/aromatic N) is 6. The van der Waals surface area contributed by atoms with Crippen LogP contribution in [-0.4, -0.2) is 69.6 Å². The number of sulfonamides is 1. The molecule has 0 spiro atoms. The lowest BCUT2D eigenvalue weighted by Crippen LogP contribution is -2.53. The van der Waals surface area contributed by atoms with E-state index in [1.54, 1.807) is 12.3 Å². The Kier molecular flexibility index (Phi) is 5.91. The molecule has 1 fully saturated rings. The van der Waals surface area contributed by atoms with Gasteiger partial charge in [0.2, 0.25) is 10.0 Å². The second kappa shape index (κ2) is 8.78. The van der Waals surface area contributed by atoms with Gasteiger partial charge in [-0.25, -0.2) is 32.3 Å². The van der Waals surface area contributed by atoms with Gasteiger partial charge in [0.05, 0.1) is 0 Å². The van der Waals surface area contributed by atoms with Gasteiger partial charge in [-0.1, -0.05) is 18.2 Å². The van der Waals surface area contributed by atoms with Gasteiger partial charge in [0.1, 0.15) is 23.4 Å². The molecule has 2 amide bonds. The van der Waals surface area contributed by atoms with Crippen LogP contribution in [0.25, 0.3) is 5.82 Å². The smallest absolute Gasteiger partial charge is 0.317 e. The zero-order valence-corrected chi connectivity index (χ0v) is 17.2. The van der Waals surface area contributed by atoms with E-state index in [-0.39, 0.29) is 43.7 Å². The second-order valence-corrected chi connectivity index (χ2v) is 8.71. The summed E-state index contributed by atoms with van der Waals surface area (Å²) in [7, 11) is -3.95. The van der Waals surface area contributed by atoms with Crippen LogP contribution in [0.1, 0.15) is 5.56 Å². The van der Waals surface area contributed by atoms with E-state index in [9.17, 15) is 17.6 Å². The molecule has 3 heterocycles. The first-order chi connectivity index (χ1) is 15.0. The maximum Gasteiger partial charge on any atom is 0.317 e. The third kappa shape index (κ3) is 4.39. The minimum Gasteiger partial charge on any atom is -0.334 e. The monoisotopic (exact) mass is 445 g/mol. The van der Waals surface area contributed by atoms with Crippen molar-refractivity contribution >= 4 is 16.1 Å². The molecule has 10 nitrogen and oxygen atoms in total. The van der Waals surface area contributed by atoms with Crippen molar-refractivity contribution in [1.29, 1.82) is 0 Å². The van der Waals surface area contributed by atoms with E-state index in [2.05, 4.69) is 20.4 Å². The van der Waals surface area contributed by atoms with Crippen molar-refractivity contribution < 1.29 is 17.6 Å². The number of aromatic nitrogens is 4. The topological polar surface area (TPSA) is 113 Å². The highest BCUT2D eigenvalue weighted by atomic mass is 32.2. The van der Waals surface area contributed by atoms with Gasteiger partial charge in [-0.3, -0.25) is 0 Å². The van der Waals surface area contributed by atoms with Gasteiger partial charge in [0.25, 0.3) is 0 Å². The standard InChI is InChI=1S/C19H20FN7O3S/c20-16-5-1-2-6-17(16)31(29,30)26-10-8-25(9-11-26)19(28)23-12-15-4-3-7-22-18(15)27-14-21-13-24-27/h1-7,13-14H,8-12H2,(H,23,28). The van der Waals surface area contributed by atoms with E-state index in [4.69, 9.17) is 0 Å². The summed E-state index contributed by atoms with van der Waals surface area (Å²) in [6.07, 6.45) is 4.53. The molecule has 0 aliphatic carbocycles. The molecule has 3 aromatic rings. The summed E-state index contributed by atoms with van der Waals surface area (Å²) in [5, 5.41) is 6.88. The maximum atomic E-state index is 13.9. The molecule has 0 unspecified atom stereocenters. The van der Waals surface area contributed by atoms with Gasteiger partial charge in [0, 0.05) is 44.5 Å². The summed E-state index contributed by atoms with van der Waals surface area (Å²) in [5.74, 6) is -0.233. The van der Waals surface area contributed by atoms with Gasteiger partial charge >= 0.3 is 6.03 Å². The predicted octanol–water partition coefficient (Wildman–Crippen LogP) is 1.02. The molecule has 1 aliphatic rings. The zero-order chi connectivity index (χ0) is 21.8. The summed E-state index contributed by atoms with van der Waals surface area (Å²) in [4.78, 5) is 21.9. The van der Waals surface area contributed by atoms with Crippen LogP contribution < -0.4 is 5.32 Å². The summed E-state index contributed by atoms with van der Waals surface area (Å²) in [6, 6.07) is 8.53. The number of hydrogen-bond donors (Lipinski definition) is 1. The number of pyridine rings is 1. The highest BCUT2D eigenvalue weighted by molar-refractivity contribution is 7.89. The Morgan fingerprint density at radius 1 is 1.10 bits per heavy atom. The fourth-order valence-electron chi connectivity index (χ4n) is 3.30. The molecular weight excluding hydrogens is 425 g/mol. The molecule has 0 saturated carbocycles. The average molecular weight is 445 g/mol. The number of amides is 2. The summed E-state index contributed by atoms with van der Waals surface area (Å²) in [6.45, 7) is 0.781. The lowest BCUT2D eigenvalue weighted by Gasteiger charge is -2.34. The highest BCUT2D eigenvalue weighted by Crippen LogP contribution is 2.20. The van der Waals surface area contributed by atoms with Crippen molar-refractivity contribution in [1.82, 2.24) is 34.3 Å². The summed E-state index contributed by atoms with van der Waals surface area (Å²) in [5.41, 5.74) is 0.752. The van der Waals surface area contributed by atoms with Crippen LogP contribution in [-0.2, 0) is 16.6 Å². The SMILES string of the molecule is O=C(NCc1cccnc1-n1cncn1)N1CCN(S(=O)(=O)c2ccccc2F)CC1. The molecule has 1 N–H and O–H groups in total. The zero-order valence-electron chi connectivity index (χ0n) is 16.4. The Bertz CT molecular complexity index is 1160. The molecule has 31 heavy (non-hydrogen) atoms. The van der Waals surface area contributed by atoms with Crippen LogP contribution in [0, 0.1) is 5.82 Å². The Balaban J connectivity index is 1.36. The van der Waals surface area contributed by atoms with E-state index in [1.165, 1.54) is 44.7 Å². The number of rotatable bonds is 5. The average Bonchev–Trinajstić information content (AvgIpc) is 3.33. The van der Waals surface area contributed by atoms with E-state index >= 15 is 0 Å². The third-order valence-corrected chi connectivity index (χ3v) is 6.85. The molecule has 0 bridgehead atoms.